The van der Waals surface area contributed by atoms with E-state index in [0.29, 0.717) is 0 Å². The fourth-order valence-corrected chi connectivity index (χ4v) is 3.78. The minimum atomic E-state index is 1.14. The fraction of sp³-hybridized carbons (Fsp3) is 0.0323. The van der Waals surface area contributed by atoms with Crippen molar-refractivity contribution in [2.45, 2.75) is 6.92 Å². The van der Waals surface area contributed by atoms with Gasteiger partial charge >= 0.3 is 0 Å². The molecule has 0 atom stereocenters. The van der Waals surface area contributed by atoms with Crippen LogP contribution in [0.1, 0.15) is 33.4 Å². The summed E-state index contributed by atoms with van der Waals surface area (Å²) in [6.45, 7) is 2.11. The lowest BCUT2D eigenvalue weighted by Gasteiger charge is -2.07. The predicted octanol–water partition coefficient (Wildman–Crippen LogP) is 9.07. The predicted molar refractivity (Wildman–Crippen MR) is 143 cm³/mol. The van der Waals surface area contributed by atoms with Crippen LogP contribution in [0.3, 0.4) is 0 Å². The highest BCUT2D eigenvalue weighted by Crippen LogP contribution is 2.23. The van der Waals surface area contributed by atoms with Crippen molar-refractivity contribution in [3.05, 3.63) is 153 Å². The Kier molecular flexibility index (Phi) is 7.32. The molecule has 0 radical (unpaired) electrons. The third-order valence-corrected chi connectivity index (χ3v) is 6.20. The SMILES string of the molecule is Cc1cc(C=Cc2ccc(C=CC=C(c3ccccc3)c3ccccc3)cc2)ccc1Br. The summed E-state index contributed by atoms with van der Waals surface area (Å²) in [5, 5.41) is 0. The lowest BCUT2D eigenvalue weighted by atomic mass is 9.97. The lowest BCUT2D eigenvalue weighted by Crippen LogP contribution is -1.86. The molecule has 0 heterocycles. The molecule has 0 amide bonds. The summed E-state index contributed by atoms with van der Waals surface area (Å²) in [6.07, 6.45) is 10.8. The molecule has 156 valence electrons. The highest BCUT2D eigenvalue weighted by atomic mass is 79.9. The molecule has 0 aliphatic carbocycles. The van der Waals surface area contributed by atoms with Crippen LogP contribution in [0.4, 0.5) is 0 Å². The van der Waals surface area contributed by atoms with E-state index in [0.717, 1.165) is 4.47 Å². The molecule has 4 rings (SSSR count). The van der Waals surface area contributed by atoms with Crippen molar-refractivity contribution in [2.75, 3.05) is 0 Å². The first-order valence-electron chi connectivity index (χ1n) is 10.7. The number of hydrogen-bond donors (Lipinski definition) is 0. The largest absolute Gasteiger partial charge is 0.0622 e. The molecule has 4 aromatic carbocycles. The number of benzene rings is 4. The first-order chi connectivity index (χ1) is 15.7. The molecule has 0 aliphatic heterocycles. The van der Waals surface area contributed by atoms with Crippen LogP contribution in [-0.2, 0) is 0 Å². The third kappa shape index (κ3) is 5.84. The minimum Gasteiger partial charge on any atom is -0.0622 e. The molecule has 0 aromatic heterocycles. The van der Waals surface area contributed by atoms with Crippen LogP contribution in [0.15, 0.2) is 120 Å². The molecule has 0 nitrogen and oxygen atoms in total. The van der Waals surface area contributed by atoms with Gasteiger partial charge in [0.15, 0.2) is 0 Å². The molecule has 0 saturated heterocycles. The molecule has 0 saturated carbocycles. The second-order valence-corrected chi connectivity index (χ2v) is 8.53. The molecule has 0 spiro atoms. The monoisotopic (exact) mass is 476 g/mol. The number of halogens is 1. The van der Waals surface area contributed by atoms with Crippen molar-refractivity contribution >= 4 is 39.7 Å². The quantitative estimate of drug-likeness (QED) is 0.192. The molecule has 32 heavy (non-hydrogen) atoms. The Morgan fingerprint density at radius 2 is 1.09 bits per heavy atom. The zero-order chi connectivity index (χ0) is 22.2. The maximum absolute atomic E-state index is 3.55. The lowest BCUT2D eigenvalue weighted by molar-refractivity contribution is 1.42. The number of rotatable bonds is 6. The van der Waals surface area contributed by atoms with E-state index in [9.17, 15) is 0 Å². The summed E-state index contributed by atoms with van der Waals surface area (Å²) in [4.78, 5) is 0. The van der Waals surface area contributed by atoms with Crippen molar-refractivity contribution < 1.29 is 0 Å². The van der Waals surface area contributed by atoms with Crippen LogP contribution in [0.2, 0.25) is 0 Å². The highest BCUT2D eigenvalue weighted by molar-refractivity contribution is 9.10. The summed E-state index contributed by atoms with van der Waals surface area (Å²) in [5.74, 6) is 0. The molecular weight excluding hydrogens is 452 g/mol. The van der Waals surface area contributed by atoms with Crippen molar-refractivity contribution in [2.24, 2.45) is 0 Å². The van der Waals surface area contributed by atoms with Crippen molar-refractivity contribution in [1.82, 2.24) is 0 Å². The standard InChI is InChI=1S/C31H25Br/c1-24-23-27(21-22-31(24)32)20-19-26-17-15-25(16-18-26)9-8-14-30(28-10-4-2-5-11-28)29-12-6-3-7-13-29/h2-23H,1H3. The van der Waals surface area contributed by atoms with Crippen LogP contribution in [0.25, 0.3) is 23.8 Å². The maximum atomic E-state index is 3.55. The van der Waals surface area contributed by atoms with E-state index in [-0.39, 0.29) is 0 Å². The summed E-state index contributed by atoms with van der Waals surface area (Å²) >= 11 is 3.55. The van der Waals surface area contributed by atoms with Gasteiger partial charge in [-0.05, 0) is 51.9 Å². The van der Waals surface area contributed by atoms with E-state index in [2.05, 4.69) is 156 Å². The van der Waals surface area contributed by atoms with Gasteiger partial charge in [0.2, 0.25) is 0 Å². The van der Waals surface area contributed by atoms with Crippen LogP contribution in [0.5, 0.6) is 0 Å². The van der Waals surface area contributed by atoms with Gasteiger partial charge in [-0.15, -0.1) is 0 Å². The topological polar surface area (TPSA) is 0 Å². The Morgan fingerprint density at radius 1 is 0.594 bits per heavy atom. The Bertz CT molecular complexity index is 1200. The Balaban J connectivity index is 1.50. The zero-order valence-corrected chi connectivity index (χ0v) is 19.7. The molecule has 1 heteroatoms. The third-order valence-electron chi connectivity index (χ3n) is 5.31. The zero-order valence-electron chi connectivity index (χ0n) is 18.1. The number of aryl methyl sites for hydroxylation is 1. The molecule has 0 aliphatic rings. The maximum Gasteiger partial charge on any atom is 0.0204 e. The van der Waals surface area contributed by atoms with Gasteiger partial charge in [-0.3, -0.25) is 0 Å². The van der Waals surface area contributed by atoms with Gasteiger partial charge in [0.05, 0.1) is 0 Å². The first-order valence-corrected chi connectivity index (χ1v) is 11.5. The smallest absolute Gasteiger partial charge is 0.0204 e. The van der Waals surface area contributed by atoms with Crippen LogP contribution >= 0.6 is 15.9 Å². The number of hydrogen-bond acceptors (Lipinski definition) is 0. The van der Waals surface area contributed by atoms with Crippen LogP contribution < -0.4 is 0 Å². The van der Waals surface area contributed by atoms with Gasteiger partial charge < -0.3 is 0 Å². The van der Waals surface area contributed by atoms with Crippen LogP contribution in [-0.4, -0.2) is 0 Å². The van der Waals surface area contributed by atoms with E-state index in [1.54, 1.807) is 0 Å². The second-order valence-electron chi connectivity index (χ2n) is 7.68. The molecule has 0 fully saturated rings. The van der Waals surface area contributed by atoms with Crippen molar-refractivity contribution in [3.8, 4) is 0 Å². The molecule has 0 unspecified atom stereocenters. The average Bonchev–Trinajstić information content (AvgIpc) is 2.84. The van der Waals surface area contributed by atoms with Gasteiger partial charge in [-0.1, -0.05) is 143 Å². The summed E-state index contributed by atoms with van der Waals surface area (Å²) in [7, 11) is 0. The molecular formula is C31H25Br. The van der Waals surface area contributed by atoms with Gasteiger partial charge in [0, 0.05) is 4.47 Å². The van der Waals surface area contributed by atoms with E-state index in [1.165, 1.54) is 39.0 Å². The Hall–Kier alpha value is -3.42. The van der Waals surface area contributed by atoms with Gasteiger partial charge in [-0.2, -0.15) is 0 Å². The van der Waals surface area contributed by atoms with E-state index < -0.39 is 0 Å². The van der Waals surface area contributed by atoms with Gasteiger partial charge in [0.1, 0.15) is 0 Å². The van der Waals surface area contributed by atoms with E-state index in [4.69, 9.17) is 0 Å². The fourth-order valence-electron chi connectivity index (χ4n) is 3.53. The molecule has 0 N–H and O–H groups in total. The number of allylic oxidation sites excluding steroid dienone is 2. The second kappa shape index (κ2) is 10.7. The normalized spacial score (nSPS) is 11.2. The molecule has 4 aromatic rings. The van der Waals surface area contributed by atoms with E-state index in [1.807, 2.05) is 0 Å². The highest BCUT2D eigenvalue weighted by Gasteiger charge is 2.02. The summed E-state index contributed by atoms with van der Waals surface area (Å²) < 4.78 is 1.14. The summed E-state index contributed by atoms with van der Waals surface area (Å²) in [6, 6.07) is 36.1. The van der Waals surface area contributed by atoms with Crippen molar-refractivity contribution in [3.63, 3.8) is 0 Å². The minimum absolute atomic E-state index is 1.14. The average molecular weight is 477 g/mol. The Labute approximate surface area is 199 Å². The van der Waals surface area contributed by atoms with Gasteiger partial charge in [-0.25, -0.2) is 0 Å². The van der Waals surface area contributed by atoms with Crippen LogP contribution in [0, 0.1) is 6.92 Å². The summed E-state index contributed by atoms with van der Waals surface area (Å²) in [5.41, 5.74) is 8.46. The molecule has 0 bridgehead atoms. The first kappa shape index (κ1) is 21.8. The van der Waals surface area contributed by atoms with Gasteiger partial charge in [0.25, 0.3) is 0 Å². The Morgan fingerprint density at radius 3 is 1.66 bits per heavy atom. The van der Waals surface area contributed by atoms with E-state index >= 15 is 0 Å². The van der Waals surface area contributed by atoms with Crippen molar-refractivity contribution in [1.29, 1.82) is 0 Å².